The highest BCUT2D eigenvalue weighted by Crippen LogP contribution is 2.31. The zero-order valence-electron chi connectivity index (χ0n) is 16.3. The van der Waals surface area contributed by atoms with Crippen molar-refractivity contribution in [3.63, 3.8) is 0 Å². The molecule has 0 aliphatic carbocycles. The minimum Gasteiger partial charge on any atom is -0.507 e. The second-order valence-electron chi connectivity index (χ2n) is 7.37. The number of hydrogen-bond acceptors (Lipinski definition) is 3. The molecule has 0 bridgehead atoms. The minimum atomic E-state index is -0.146. The molecule has 1 heterocycles. The average molecular weight is 387 g/mol. The summed E-state index contributed by atoms with van der Waals surface area (Å²) in [5.41, 5.74) is 2.83. The molecule has 1 saturated heterocycles. The van der Waals surface area contributed by atoms with E-state index in [0.29, 0.717) is 25.3 Å². The summed E-state index contributed by atoms with van der Waals surface area (Å²) in [4.78, 5) is 14.7. The van der Waals surface area contributed by atoms with Crippen LogP contribution >= 0.6 is 0 Å². The largest absolute Gasteiger partial charge is 0.507 e. The smallest absolute Gasteiger partial charge is 0.257 e. The first-order valence-electron chi connectivity index (χ1n) is 10.0. The average Bonchev–Trinajstić information content (AvgIpc) is 2.79. The number of para-hydroxylation sites is 1. The molecule has 0 spiro atoms. The number of hydrogen-bond donors (Lipinski definition) is 1. The molecule has 0 radical (unpaired) electrons. The Morgan fingerprint density at radius 3 is 2.14 bits per heavy atom. The van der Waals surface area contributed by atoms with Gasteiger partial charge in [0, 0.05) is 19.0 Å². The lowest BCUT2D eigenvalue weighted by Gasteiger charge is -2.35. The molecule has 3 aromatic rings. The van der Waals surface area contributed by atoms with Crippen molar-refractivity contribution < 1.29 is 14.6 Å². The van der Waals surface area contributed by atoms with Crippen LogP contribution in [0.25, 0.3) is 0 Å². The van der Waals surface area contributed by atoms with Crippen LogP contribution in [0, 0.1) is 0 Å². The SMILES string of the molecule is O=C(c1ccccc1O)N1CCOC(CC(c2ccccc2)c2ccccc2)C1. The van der Waals surface area contributed by atoms with Crippen molar-refractivity contribution >= 4 is 5.91 Å². The van der Waals surface area contributed by atoms with Crippen molar-refractivity contribution in [3.05, 3.63) is 102 Å². The Kier molecular flexibility index (Phi) is 5.92. The number of nitrogens with zero attached hydrogens (tertiary/aromatic N) is 1. The molecule has 0 aromatic heterocycles. The number of amides is 1. The molecule has 4 heteroatoms. The van der Waals surface area contributed by atoms with Gasteiger partial charge < -0.3 is 14.7 Å². The van der Waals surface area contributed by atoms with Crippen LogP contribution in [0.3, 0.4) is 0 Å². The predicted octanol–water partition coefficient (Wildman–Crippen LogP) is 4.46. The first-order chi connectivity index (χ1) is 14.2. The van der Waals surface area contributed by atoms with E-state index in [1.165, 1.54) is 11.1 Å². The number of carbonyl (C=O) groups excluding carboxylic acids is 1. The quantitative estimate of drug-likeness (QED) is 0.703. The Balaban J connectivity index is 1.52. The summed E-state index contributed by atoms with van der Waals surface area (Å²) in [6.45, 7) is 1.55. The molecule has 0 saturated carbocycles. The summed E-state index contributed by atoms with van der Waals surface area (Å²) in [6.07, 6.45) is 0.724. The minimum absolute atomic E-state index is 0.0204. The molecule has 1 unspecified atom stereocenters. The van der Waals surface area contributed by atoms with Gasteiger partial charge in [-0.25, -0.2) is 0 Å². The summed E-state index contributed by atoms with van der Waals surface area (Å²) in [7, 11) is 0. The van der Waals surface area contributed by atoms with Crippen LogP contribution in [0.5, 0.6) is 5.75 Å². The van der Waals surface area contributed by atoms with Gasteiger partial charge in [-0.05, 0) is 29.7 Å². The number of benzene rings is 3. The van der Waals surface area contributed by atoms with E-state index in [4.69, 9.17) is 4.74 Å². The van der Waals surface area contributed by atoms with E-state index in [9.17, 15) is 9.90 Å². The molecule has 1 N–H and O–H groups in total. The number of rotatable bonds is 5. The third kappa shape index (κ3) is 4.49. The maximum Gasteiger partial charge on any atom is 0.257 e. The van der Waals surface area contributed by atoms with Gasteiger partial charge in [0.25, 0.3) is 5.91 Å². The van der Waals surface area contributed by atoms with E-state index in [1.54, 1.807) is 29.2 Å². The van der Waals surface area contributed by atoms with Gasteiger partial charge in [0.1, 0.15) is 5.75 Å². The molecular weight excluding hydrogens is 362 g/mol. The number of phenolic OH excluding ortho intramolecular Hbond substituents is 1. The fraction of sp³-hybridized carbons (Fsp3) is 0.240. The molecule has 1 amide bonds. The zero-order chi connectivity index (χ0) is 20.1. The van der Waals surface area contributed by atoms with E-state index in [0.717, 1.165) is 6.42 Å². The van der Waals surface area contributed by atoms with E-state index >= 15 is 0 Å². The van der Waals surface area contributed by atoms with Crippen molar-refractivity contribution in [3.8, 4) is 5.75 Å². The molecule has 1 aliphatic rings. The Morgan fingerprint density at radius 1 is 0.931 bits per heavy atom. The van der Waals surface area contributed by atoms with Crippen LogP contribution in [-0.2, 0) is 4.74 Å². The van der Waals surface area contributed by atoms with Crippen molar-refractivity contribution in [2.75, 3.05) is 19.7 Å². The number of carbonyl (C=O) groups is 1. The number of aromatic hydroxyl groups is 1. The molecule has 3 aromatic carbocycles. The third-order valence-electron chi connectivity index (χ3n) is 5.46. The molecule has 148 valence electrons. The summed E-state index contributed by atoms with van der Waals surface area (Å²) in [5, 5.41) is 10.0. The first-order valence-corrected chi connectivity index (χ1v) is 10.0. The molecule has 1 atom stereocenters. The molecule has 1 aliphatic heterocycles. The second kappa shape index (κ2) is 8.93. The van der Waals surface area contributed by atoms with Gasteiger partial charge in [0.05, 0.1) is 18.3 Å². The van der Waals surface area contributed by atoms with Crippen molar-refractivity contribution in [1.29, 1.82) is 0 Å². The van der Waals surface area contributed by atoms with Gasteiger partial charge in [0.2, 0.25) is 0 Å². The lowest BCUT2D eigenvalue weighted by molar-refractivity contribution is -0.0265. The van der Waals surface area contributed by atoms with Crippen LogP contribution < -0.4 is 0 Å². The van der Waals surface area contributed by atoms with Crippen LogP contribution in [0.15, 0.2) is 84.9 Å². The van der Waals surface area contributed by atoms with E-state index in [1.807, 2.05) is 12.1 Å². The van der Waals surface area contributed by atoms with Crippen LogP contribution in [0.4, 0.5) is 0 Å². The van der Waals surface area contributed by atoms with Crippen molar-refractivity contribution in [1.82, 2.24) is 4.90 Å². The summed E-state index contributed by atoms with van der Waals surface area (Å²) in [5.74, 6) is 0.0712. The summed E-state index contributed by atoms with van der Waals surface area (Å²) >= 11 is 0. The fourth-order valence-corrected chi connectivity index (χ4v) is 3.97. The third-order valence-corrected chi connectivity index (χ3v) is 5.46. The lowest BCUT2D eigenvalue weighted by Crippen LogP contribution is -2.46. The second-order valence-corrected chi connectivity index (χ2v) is 7.37. The molecule has 4 nitrogen and oxygen atoms in total. The van der Waals surface area contributed by atoms with Gasteiger partial charge in [-0.2, -0.15) is 0 Å². The van der Waals surface area contributed by atoms with Gasteiger partial charge in [-0.15, -0.1) is 0 Å². The standard InChI is InChI=1S/C25H25NO3/c27-24-14-8-7-13-22(24)25(28)26-15-16-29-21(18-26)17-23(19-9-3-1-4-10-19)20-11-5-2-6-12-20/h1-14,21,23,27H,15-18H2. The number of morpholine rings is 1. The molecular formula is C25H25NO3. The van der Waals surface area contributed by atoms with Crippen molar-refractivity contribution in [2.45, 2.75) is 18.4 Å². The maximum absolute atomic E-state index is 12.9. The van der Waals surface area contributed by atoms with Crippen LogP contribution in [0.2, 0.25) is 0 Å². The Hall–Kier alpha value is -3.11. The monoisotopic (exact) mass is 387 g/mol. The highest BCUT2D eigenvalue weighted by Gasteiger charge is 2.29. The highest BCUT2D eigenvalue weighted by atomic mass is 16.5. The molecule has 29 heavy (non-hydrogen) atoms. The predicted molar refractivity (Wildman–Crippen MR) is 113 cm³/mol. The Morgan fingerprint density at radius 2 is 1.52 bits per heavy atom. The van der Waals surface area contributed by atoms with E-state index in [-0.39, 0.29) is 23.7 Å². The molecule has 1 fully saturated rings. The van der Waals surface area contributed by atoms with E-state index < -0.39 is 0 Å². The summed E-state index contributed by atoms with van der Waals surface area (Å²) in [6, 6.07) is 27.6. The fourth-order valence-electron chi connectivity index (χ4n) is 3.97. The zero-order valence-corrected chi connectivity index (χ0v) is 16.3. The Bertz CT molecular complexity index is 903. The van der Waals surface area contributed by atoms with Gasteiger partial charge in [0.15, 0.2) is 0 Å². The van der Waals surface area contributed by atoms with Gasteiger partial charge >= 0.3 is 0 Å². The normalized spacial score (nSPS) is 16.7. The topological polar surface area (TPSA) is 49.8 Å². The number of phenols is 1. The van der Waals surface area contributed by atoms with Crippen LogP contribution in [0.1, 0.15) is 33.8 Å². The summed E-state index contributed by atoms with van der Waals surface area (Å²) < 4.78 is 6.04. The lowest BCUT2D eigenvalue weighted by atomic mass is 9.86. The van der Waals surface area contributed by atoms with Gasteiger partial charge in [-0.1, -0.05) is 72.8 Å². The maximum atomic E-state index is 12.9. The molecule has 4 rings (SSSR count). The highest BCUT2D eigenvalue weighted by molar-refractivity contribution is 5.96. The first kappa shape index (κ1) is 19.2. The van der Waals surface area contributed by atoms with Gasteiger partial charge in [-0.3, -0.25) is 4.79 Å². The Labute approximate surface area is 171 Å². The van der Waals surface area contributed by atoms with Crippen molar-refractivity contribution in [2.24, 2.45) is 0 Å². The number of ether oxygens (including phenoxy) is 1. The van der Waals surface area contributed by atoms with Crippen LogP contribution in [-0.4, -0.2) is 41.7 Å². The van der Waals surface area contributed by atoms with E-state index in [2.05, 4.69) is 48.5 Å².